The molecule has 141 valence electrons. The summed E-state index contributed by atoms with van der Waals surface area (Å²) in [5.41, 5.74) is 0. The molecule has 0 aliphatic heterocycles. The molecule has 0 aliphatic rings. The average Bonchev–Trinajstić information content (AvgIpc) is 2.39. The van der Waals surface area contributed by atoms with Gasteiger partial charge in [0.25, 0.3) is 0 Å². The van der Waals surface area contributed by atoms with E-state index in [1.165, 1.54) is 9.80 Å². The maximum absolute atomic E-state index is 10.0. The minimum atomic E-state index is -1.20. The first-order valence-electron chi connectivity index (χ1n) is 6.69. The van der Waals surface area contributed by atoms with E-state index >= 15 is 0 Å². The summed E-state index contributed by atoms with van der Waals surface area (Å²) in [5.74, 6) is -2.40. The van der Waals surface area contributed by atoms with Crippen LogP contribution in [0.3, 0.4) is 0 Å². The number of rotatable bonds is 12. The quantitative estimate of drug-likeness (QED) is 0.236. The van der Waals surface area contributed by atoms with E-state index in [4.69, 9.17) is 20.4 Å². The predicted octanol–water partition coefficient (Wildman–Crippen LogP) is -5.96. The van der Waals surface area contributed by atoms with E-state index in [0.29, 0.717) is 0 Å². The maximum atomic E-state index is 10.0. The van der Waals surface area contributed by atoms with Gasteiger partial charge in [0, 0.05) is 39.3 Å². The Kier molecular flexibility index (Phi) is 22.7. The summed E-state index contributed by atoms with van der Waals surface area (Å²) in [6, 6.07) is 0. The van der Waals surface area contributed by atoms with Crippen molar-refractivity contribution in [2.75, 3.05) is 65.7 Å². The van der Waals surface area contributed by atoms with Gasteiger partial charge in [-0.15, -0.1) is 0 Å². The first kappa shape index (κ1) is 27.1. The third-order valence-corrected chi connectivity index (χ3v) is 2.37. The summed E-state index contributed by atoms with van der Waals surface area (Å²) < 4.78 is 0. The number of carbonyl (C=O) groups excluding carboxylic acids is 2. The normalized spacial score (nSPS) is 10.0. The van der Waals surface area contributed by atoms with Crippen LogP contribution in [0.25, 0.3) is 0 Å². The summed E-state index contributed by atoms with van der Waals surface area (Å²) in [6.07, 6.45) is 0. The molecule has 0 heterocycles. The molecule has 0 rings (SSSR count). The number of hydrogen-bond donors (Lipinski definition) is 4. The van der Waals surface area contributed by atoms with Crippen LogP contribution in [-0.4, -0.2) is 108 Å². The summed E-state index contributed by atoms with van der Waals surface area (Å²) in [6.45, 7) is 0.00944. The van der Waals surface area contributed by atoms with Gasteiger partial charge in [-0.25, -0.2) is 0 Å². The number of nitrogens with zero attached hydrogens (tertiary/aromatic N) is 2. The van der Waals surface area contributed by atoms with Gasteiger partial charge in [-0.3, -0.25) is 9.80 Å². The van der Waals surface area contributed by atoms with Crippen molar-refractivity contribution < 1.29 is 57.3 Å². The summed E-state index contributed by atoms with van der Waals surface area (Å²) >= 11 is 0. The minimum Gasteiger partial charge on any atom is -0.549 e. The van der Waals surface area contributed by atoms with E-state index in [1.54, 1.807) is 0 Å². The molecule has 0 aromatic carbocycles. The van der Waals surface area contributed by atoms with Gasteiger partial charge in [0.1, 0.15) is 0 Å². The van der Waals surface area contributed by atoms with E-state index in [0.717, 1.165) is 0 Å². The molecule has 4 N–H and O–H groups in total. The second-order valence-electron chi connectivity index (χ2n) is 4.19. The van der Waals surface area contributed by atoms with E-state index in [-0.39, 0.29) is 82.8 Å². The minimum absolute atomic E-state index is 0. The zero-order valence-electron chi connectivity index (χ0n) is 12.7. The van der Waals surface area contributed by atoms with Crippen molar-refractivity contribution in [2.24, 2.45) is 0 Å². The molecule has 0 bridgehead atoms. The standard InChI is InChI=1S/2C6H13NO4.Cu/c2*8-3-1-7(2-4-9)5-6(10)11;/h2*8-9H,1-5H2,(H,10,11);/q;;+2/p-2. The number of carboxylic acid groups (broad SMARTS) is 2. The first-order valence-corrected chi connectivity index (χ1v) is 6.69. The van der Waals surface area contributed by atoms with Gasteiger partial charge < -0.3 is 40.2 Å². The molecule has 1 radical (unpaired) electrons. The number of carboxylic acids is 2. The van der Waals surface area contributed by atoms with Gasteiger partial charge in [0.05, 0.1) is 38.4 Å². The monoisotopic (exact) mass is 387 g/mol. The Morgan fingerprint density at radius 1 is 0.652 bits per heavy atom. The van der Waals surface area contributed by atoms with Crippen molar-refractivity contribution in [1.29, 1.82) is 0 Å². The van der Waals surface area contributed by atoms with Gasteiger partial charge in [-0.2, -0.15) is 0 Å². The molecule has 0 unspecified atom stereocenters. The largest absolute Gasteiger partial charge is 2.00 e. The van der Waals surface area contributed by atoms with E-state index in [1.807, 2.05) is 0 Å². The first-order chi connectivity index (χ1) is 10.4. The molecule has 11 heteroatoms. The van der Waals surface area contributed by atoms with Crippen molar-refractivity contribution in [3.05, 3.63) is 0 Å². The van der Waals surface area contributed by atoms with Gasteiger partial charge in [-0.1, -0.05) is 0 Å². The Morgan fingerprint density at radius 2 is 0.870 bits per heavy atom. The van der Waals surface area contributed by atoms with Crippen LogP contribution in [0, 0.1) is 0 Å². The van der Waals surface area contributed by atoms with Crippen LogP contribution in [0.5, 0.6) is 0 Å². The molecule has 0 aromatic heterocycles. The van der Waals surface area contributed by atoms with E-state index in [2.05, 4.69) is 0 Å². The molecule has 23 heavy (non-hydrogen) atoms. The van der Waals surface area contributed by atoms with Gasteiger partial charge >= 0.3 is 17.1 Å². The van der Waals surface area contributed by atoms with Crippen LogP contribution in [0.1, 0.15) is 0 Å². The summed E-state index contributed by atoms with van der Waals surface area (Å²) in [7, 11) is 0. The topological polar surface area (TPSA) is 168 Å². The van der Waals surface area contributed by atoms with Crippen LogP contribution in [0.15, 0.2) is 0 Å². The number of aliphatic carboxylic acids is 2. The third kappa shape index (κ3) is 21.2. The maximum Gasteiger partial charge on any atom is 2.00 e. The molecular formula is C12H24CuN2O8. The molecule has 0 spiro atoms. The Morgan fingerprint density at radius 3 is 1.00 bits per heavy atom. The molecule has 0 saturated carbocycles. The van der Waals surface area contributed by atoms with Crippen LogP contribution in [0.4, 0.5) is 0 Å². The van der Waals surface area contributed by atoms with Crippen LogP contribution in [0.2, 0.25) is 0 Å². The van der Waals surface area contributed by atoms with E-state index < -0.39 is 11.9 Å². The third-order valence-electron chi connectivity index (χ3n) is 2.37. The summed E-state index contributed by atoms with van der Waals surface area (Å²) in [4.78, 5) is 22.9. The molecule has 0 amide bonds. The van der Waals surface area contributed by atoms with Gasteiger partial charge in [-0.05, 0) is 0 Å². The SMILES string of the molecule is O=C([O-])CN(CCO)CCO.O=C([O-])CN(CCO)CCO.[Cu+2]. The predicted molar refractivity (Wildman–Crippen MR) is 71.2 cm³/mol. The number of hydrogen-bond acceptors (Lipinski definition) is 10. The fourth-order valence-electron chi connectivity index (χ4n) is 1.47. The Balaban J connectivity index is -0.000000333. The molecule has 0 aliphatic carbocycles. The second-order valence-corrected chi connectivity index (χ2v) is 4.19. The molecule has 0 fully saturated rings. The van der Waals surface area contributed by atoms with Crippen LogP contribution in [-0.2, 0) is 26.7 Å². The van der Waals surface area contributed by atoms with E-state index in [9.17, 15) is 19.8 Å². The number of carbonyl (C=O) groups is 2. The van der Waals surface area contributed by atoms with Crippen molar-refractivity contribution in [3.63, 3.8) is 0 Å². The summed E-state index contributed by atoms with van der Waals surface area (Å²) in [5, 5.41) is 53.8. The zero-order valence-corrected chi connectivity index (χ0v) is 13.6. The Bertz CT molecular complexity index is 256. The average molecular weight is 388 g/mol. The molecular weight excluding hydrogens is 364 g/mol. The van der Waals surface area contributed by atoms with Gasteiger partial charge in [0.2, 0.25) is 0 Å². The van der Waals surface area contributed by atoms with Crippen molar-refractivity contribution >= 4 is 11.9 Å². The van der Waals surface area contributed by atoms with Crippen LogP contribution < -0.4 is 10.2 Å². The fourth-order valence-corrected chi connectivity index (χ4v) is 1.47. The number of aliphatic hydroxyl groups excluding tert-OH is 4. The second kappa shape index (κ2) is 19.3. The Hall–Kier alpha value is -0.781. The Labute approximate surface area is 145 Å². The van der Waals surface area contributed by atoms with Gasteiger partial charge in [0.15, 0.2) is 0 Å². The van der Waals surface area contributed by atoms with Crippen molar-refractivity contribution in [2.45, 2.75) is 0 Å². The molecule has 0 aromatic rings. The van der Waals surface area contributed by atoms with Crippen molar-refractivity contribution in [3.8, 4) is 0 Å². The molecule has 0 atom stereocenters. The zero-order chi connectivity index (χ0) is 17.4. The van der Waals surface area contributed by atoms with Crippen LogP contribution >= 0.6 is 0 Å². The number of aliphatic hydroxyl groups is 4. The fraction of sp³-hybridized carbons (Fsp3) is 0.833. The molecule has 10 nitrogen and oxygen atoms in total. The smallest absolute Gasteiger partial charge is 0.549 e. The molecule has 0 saturated heterocycles. The van der Waals surface area contributed by atoms with Crippen molar-refractivity contribution in [1.82, 2.24) is 9.80 Å².